The minimum atomic E-state index is 0.0809. The lowest BCUT2D eigenvalue weighted by Gasteiger charge is -2.34. The lowest BCUT2D eigenvalue weighted by atomic mass is 10.2. The third-order valence-electron chi connectivity index (χ3n) is 3.93. The van der Waals surface area contributed by atoms with E-state index in [0.29, 0.717) is 9.90 Å². The Morgan fingerprint density at radius 2 is 1.95 bits per heavy atom. The Morgan fingerprint density at radius 3 is 2.62 bits per heavy atom. The van der Waals surface area contributed by atoms with Crippen molar-refractivity contribution in [2.24, 2.45) is 0 Å². The molecule has 21 heavy (non-hydrogen) atoms. The molecule has 1 aliphatic rings. The van der Waals surface area contributed by atoms with Gasteiger partial charge in [-0.1, -0.05) is 36.7 Å². The number of fused-ring (bicyclic) bond motifs is 1. The predicted octanol–water partition coefficient (Wildman–Crippen LogP) is 3.72. The summed E-state index contributed by atoms with van der Waals surface area (Å²) in [6, 6.07) is 7.93. The normalized spacial score (nSPS) is 16.6. The second-order valence-electron chi connectivity index (χ2n) is 5.38. The highest BCUT2D eigenvalue weighted by atomic mass is 35.5. The maximum absolute atomic E-state index is 12.7. The average molecular weight is 323 g/mol. The van der Waals surface area contributed by atoms with Crippen LogP contribution in [-0.4, -0.2) is 48.4 Å². The van der Waals surface area contributed by atoms with Crippen LogP contribution in [0.2, 0.25) is 5.02 Å². The molecular weight excluding hydrogens is 304 g/mol. The van der Waals surface area contributed by atoms with Crippen molar-refractivity contribution in [3.63, 3.8) is 0 Å². The van der Waals surface area contributed by atoms with Gasteiger partial charge in [0.1, 0.15) is 4.88 Å². The first kappa shape index (κ1) is 14.8. The highest BCUT2D eigenvalue weighted by Crippen LogP contribution is 2.35. The van der Waals surface area contributed by atoms with Crippen molar-refractivity contribution in [2.45, 2.75) is 13.3 Å². The lowest BCUT2D eigenvalue weighted by molar-refractivity contribution is 0.0642. The minimum Gasteiger partial charge on any atom is -0.335 e. The molecule has 1 aliphatic heterocycles. The fraction of sp³-hybridized carbons (Fsp3) is 0.438. The largest absolute Gasteiger partial charge is 0.335 e. The third kappa shape index (κ3) is 2.93. The molecular formula is C16H19ClN2OS. The fourth-order valence-electron chi connectivity index (χ4n) is 2.79. The smallest absolute Gasteiger partial charge is 0.265 e. The van der Waals surface area contributed by atoms with Gasteiger partial charge in [0.15, 0.2) is 0 Å². The maximum Gasteiger partial charge on any atom is 0.265 e. The van der Waals surface area contributed by atoms with Crippen molar-refractivity contribution in [2.75, 3.05) is 32.7 Å². The van der Waals surface area contributed by atoms with Gasteiger partial charge in [0.2, 0.25) is 0 Å². The Balaban J connectivity index is 1.77. The molecule has 1 saturated heterocycles. The van der Waals surface area contributed by atoms with Gasteiger partial charge in [-0.3, -0.25) is 9.69 Å². The van der Waals surface area contributed by atoms with Gasteiger partial charge in [-0.15, -0.1) is 11.3 Å². The van der Waals surface area contributed by atoms with Crippen molar-refractivity contribution >= 4 is 38.9 Å². The van der Waals surface area contributed by atoms with Crippen LogP contribution in [-0.2, 0) is 0 Å². The lowest BCUT2D eigenvalue weighted by Crippen LogP contribution is -2.48. The molecule has 0 bridgehead atoms. The number of hydrogen-bond donors (Lipinski definition) is 0. The van der Waals surface area contributed by atoms with E-state index in [9.17, 15) is 4.79 Å². The summed E-state index contributed by atoms with van der Waals surface area (Å²) >= 11 is 7.90. The summed E-state index contributed by atoms with van der Waals surface area (Å²) in [5.41, 5.74) is 0. The van der Waals surface area contributed by atoms with Crippen LogP contribution in [0.15, 0.2) is 24.3 Å². The molecule has 2 aromatic rings. The number of hydrogen-bond acceptors (Lipinski definition) is 3. The van der Waals surface area contributed by atoms with Gasteiger partial charge in [-0.25, -0.2) is 0 Å². The van der Waals surface area contributed by atoms with Crippen LogP contribution < -0.4 is 0 Å². The molecule has 1 aromatic heterocycles. The Labute approximate surface area is 134 Å². The number of rotatable bonds is 3. The molecule has 2 heterocycles. The Kier molecular flexibility index (Phi) is 4.48. The van der Waals surface area contributed by atoms with Gasteiger partial charge in [-0.2, -0.15) is 0 Å². The molecule has 0 radical (unpaired) electrons. The van der Waals surface area contributed by atoms with Gasteiger partial charge in [0, 0.05) is 36.3 Å². The predicted molar refractivity (Wildman–Crippen MR) is 89.5 cm³/mol. The van der Waals surface area contributed by atoms with E-state index in [1.54, 1.807) is 0 Å². The van der Waals surface area contributed by atoms with Crippen molar-refractivity contribution in [1.29, 1.82) is 0 Å². The standard InChI is InChI=1S/C16H19ClN2OS/c1-2-7-18-8-10-19(11-9-18)16(20)15-14(17)12-5-3-4-6-13(12)21-15/h3-6H,2,7-11H2,1H3. The summed E-state index contributed by atoms with van der Waals surface area (Å²) in [6.07, 6.45) is 1.16. The van der Waals surface area contributed by atoms with Crippen molar-refractivity contribution in [3.05, 3.63) is 34.2 Å². The molecule has 0 aliphatic carbocycles. The van der Waals surface area contributed by atoms with E-state index in [2.05, 4.69) is 11.8 Å². The fourth-order valence-corrected chi connectivity index (χ4v) is 4.27. The molecule has 0 spiro atoms. The average Bonchev–Trinajstić information content (AvgIpc) is 2.85. The van der Waals surface area contributed by atoms with Crippen LogP contribution in [0.5, 0.6) is 0 Å². The summed E-state index contributed by atoms with van der Waals surface area (Å²) in [4.78, 5) is 17.7. The maximum atomic E-state index is 12.7. The van der Waals surface area contributed by atoms with Gasteiger partial charge in [-0.05, 0) is 19.0 Å². The third-order valence-corrected chi connectivity index (χ3v) is 5.59. The zero-order chi connectivity index (χ0) is 14.8. The van der Waals surface area contributed by atoms with Gasteiger partial charge < -0.3 is 4.90 Å². The first-order valence-corrected chi connectivity index (χ1v) is 8.59. The van der Waals surface area contributed by atoms with Crippen LogP contribution in [0.3, 0.4) is 0 Å². The second kappa shape index (κ2) is 6.34. The zero-order valence-corrected chi connectivity index (χ0v) is 13.7. The van der Waals surface area contributed by atoms with E-state index in [0.717, 1.165) is 49.2 Å². The van der Waals surface area contributed by atoms with Crippen LogP contribution in [0.4, 0.5) is 0 Å². The number of piperazine rings is 1. The monoisotopic (exact) mass is 322 g/mol. The van der Waals surface area contributed by atoms with Crippen LogP contribution in [0.25, 0.3) is 10.1 Å². The minimum absolute atomic E-state index is 0.0809. The van der Waals surface area contributed by atoms with Gasteiger partial charge in [0.05, 0.1) is 5.02 Å². The molecule has 1 aromatic carbocycles. The van der Waals surface area contributed by atoms with E-state index in [4.69, 9.17) is 11.6 Å². The first-order chi connectivity index (χ1) is 10.2. The highest BCUT2D eigenvalue weighted by molar-refractivity contribution is 7.21. The van der Waals surface area contributed by atoms with Gasteiger partial charge in [0.25, 0.3) is 5.91 Å². The molecule has 0 unspecified atom stereocenters. The molecule has 1 fully saturated rings. The number of carbonyl (C=O) groups is 1. The van der Waals surface area contributed by atoms with E-state index in [-0.39, 0.29) is 5.91 Å². The number of carbonyl (C=O) groups excluding carboxylic acids is 1. The van der Waals surface area contributed by atoms with Crippen molar-refractivity contribution < 1.29 is 4.79 Å². The molecule has 1 amide bonds. The number of thiophene rings is 1. The summed E-state index contributed by atoms with van der Waals surface area (Å²) in [7, 11) is 0. The Bertz CT molecular complexity index is 647. The number of halogens is 1. The van der Waals surface area contributed by atoms with E-state index in [1.165, 1.54) is 11.3 Å². The molecule has 5 heteroatoms. The second-order valence-corrected chi connectivity index (χ2v) is 6.81. The zero-order valence-electron chi connectivity index (χ0n) is 12.1. The number of benzene rings is 1. The van der Waals surface area contributed by atoms with Gasteiger partial charge >= 0.3 is 0 Å². The van der Waals surface area contributed by atoms with E-state index >= 15 is 0 Å². The number of amides is 1. The Hall–Kier alpha value is -1.10. The first-order valence-electron chi connectivity index (χ1n) is 7.39. The van der Waals surface area contributed by atoms with E-state index in [1.807, 2.05) is 29.2 Å². The summed E-state index contributed by atoms with van der Waals surface area (Å²) in [5, 5.41) is 1.59. The number of nitrogens with zero attached hydrogens (tertiary/aromatic N) is 2. The quantitative estimate of drug-likeness (QED) is 0.859. The van der Waals surface area contributed by atoms with E-state index < -0.39 is 0 Å². The SMILES string of the molecule is CCCN1CCN(C(=O)c2sc3ccccc3c2Cl)CC1. The summed E-state index contributed by atoms with van der Waals surface area (Å²) in [5.74, 6) is 0.0809. The van der Waals surface area contributed by atoms with Crippen molar-refractivity contribution in [3.8, 4) is 0 Å². The molecule has 3 rings (SSSR count). The topological polar surface area (TPSA) is 23.6 Å². The molecule has 3 nitrogen and oxygen atoms in total. The highest BCUT2D eigenvalue weighted by Gasteiger charge is 2.25. The molecule has 112 valence electrons. The molecule has 0 N–H and O–H groups in total. The Morgan fingerprint density at radius 1 is 1.24 bits per heavy atom. The molecule has 0 saturated carbocycles. The molecule has 0 atom stereocenters. The van der Waals surface area contributed by atoms with Crippen molar-refractivity contribution in [1.82, 2.24) is 9.80 Å². The van der Waals surface area contributed by atoms with Crippen LogP contribution in [0, 0.1) is 0 Å². The van der Waals surface area contributed by atoms with Crippen LogP contribution >= 0.6 is 22.9 Å². The van der Waals surface area contributed by atoms with Crippen LogP contribution in [0.1, 0.15) is 23.0 Å². The summed E-state index contributed by atoms with van der Waals surface area (Å²) < 4.78 is 1.08. The summed E-state index contributed by atoms with van der Waals surface area (Å²) in [6.45, 7) is 6.82.